The molecule has 2 atom stereocenters. The molecule has 28 heavy (non-hydrogen) atoms. The number of nitrogens with zero attached hydrogens (tertiary/aromatic N) is 1. The highest BCUT2D eigenvalue weighted by Crippen LogP contribution is 2.65. The lowest BCUT2D eigenvalue weighted by Crippen LogP contribution is -2.32. The fourth-order valence-electron chi connectivity index (χ4n) is 4.91. The van der Waals surface area contributed by atoms with Crippen molar-refractivity contribution < 1.29 is 4.79 Å². The molecule has 0 aliphatic heterocycles. The molecule has 2 bridgehead atoms. The van der Waals surface area contributed by atoms with Gasteiger partial charge in [0.2, 0.25) is 0 Å². The first-order valence-corrected chi connectivity index (χ1v) is 11.6. The summed E-state index contributed by atoms with van der Waals surface area (Å²) >= 11 is 2.00. The number of ketones is 1. The van der Waals surface area contributed by atoms with E-state index < -0.39 is 0 Å². The van der Waals surface area contributed by atoms with E-state index in [2.05, 4.69) is 69.9 Å². The fourth-order valence-corrected chi connectivity index (χ4v) is 5.87. The van der Waals surface area contributed by atoms with E-state index in [1.807, 2.05) is 11.8 Å². The Kier molecular flexibility index (Phi) is 8.03. The molecule has 0 heterocycles. The lowest BCUT2D eigenvalue weighted by atomic mass is 9.70. The standard InChI is InChI=1S/C24H35NOS.BrH/c1-6-25(7-2)14-15-27-17-19-10-8-18(9-11-19)16-20-21-12-13-24(5,22(20)26)23(21,3)4;/h8-11,16,21H,6-7,12-15,17H2,1-5H3;1H. The van der Waals surface area contributed by atoms with E-state index in [0.29, 0.717) is 11.7 Å². The van der Waals surface area contributed by atoms with Crippen LogP contribution in [0.2, 0.25) is 0 Å². The van der Waals surface area contributed by atoms with Crippen molar-refractivity contribution in [3.8, 4) is 0 Å². The average Bonchev–Trinajstić information content (AvgIpc) is 2.97. The van der Waals surface area contributed by atoms with Crippen molar-refractivity contribution in [1.29, 1.82) is 0 Å². The predicted octanol–water partition coefficient (Wildman–Crippen LogP) is 6.25. The average molecular weight is 467 g/mol. The van der Waals surface area contributed by atoms with Crippen molar-refractivity contribution in [2.24, 2.45) is 16.7 Å². The van der Waals surface area contributed by atoms with E-state index in [4.69, 9.17) is 0 Å². The van der Waals surface area contributed by atoms with E-state index in [1.165, 1.54) is 23.4 Å². The summed E-state index contributed by atoms with van der Waals surface area (Å²) in [5, 5.41) is 0. The van der Waals surface area contributed by atoms with Gasteiger partial charge in [0.25, 0.3) is 0 Å². The highest BCUT2D eigenvalue weighted by molar-refractivity contribution is 8.93. The van der Waals surface area contributed by atoms with Crippen LogP contribution in [0.1, 0.15) is 58.6 Å². The SMILES string of the molecule is Br.CCN(CC)CCSCc1ccc(C=C2C(=O)C3(C)CCC2C3(C)C)cc1. The van der Waals surface area contributed by atoms with Gasteiger partial charge in [-0.2, -0.15) is 11.8 Å². The predicted molar refractivity (Wildman–Crippen MR) is 128 cm³/mol. The van der Waals surface area contributed by atoms with Crippen LogP contribution in [0.5, 0.6) is 0 Å². The molecule has 1 aromatic rings. The van der Waals surface area contributed by atoms with Gasteiger partial charge in [-0.15, -0.1) is 17.0 Å². The molecule has 0 N–H and O–H groups in total. The van der Waals surface area contributed by atoms with E-state index in [1.54, 1.807) is 0 Å². The van der Waals surface area contributed by atoms with Gasteiger partial charge in [0, 0.05) is 23.5 Å². The molecule has 3 rings (SSSR count). The zero-order valence-electron chi connectivity index (χ0n) is 18.1. The highest BCUT2D eigenvalue weighted by atomic mass is 79.9. The third-order valence-electron chi connectivity index (χ3n) is 7.38. The number of hydrogen-bond donors (Lipinski definition) is 0. The van der Waals surface area contributed by atoms with E-state index in [9.17, 15) is 4.79 Å². The summed E-state index contributed by atoms with van der Waals surface area (Å²) in [4.78, 5) is 15.4. The maximum atomic E-state index is 13.0. The molecule has 0 aromatic heterocycles. The number of carbonyl (C=O) groups is 1. The second-order valence-corrected chi connectivity index (χ2v) is 10.0. The number of Topliss-reactive ketones (excluding diaryl/α,β-unsaturated/α-hetero) is 1. The quantitative estimate of drug-likeness (QED) is 0.334. The summed E-state index contributed by atoms with van der Waals surface area (Å²) in [6.07, 6.45) is 4.36. The zero-order chi connectivity index (χ0) is 19.7. The summed E-state index contributed by atoms with van der Waals surface area (Å²) in [6.45, 7) is 14.6. The number of hydrogen-bond acceptors (Lipinski definition) is 3. The van der Waals surface area contributed by atoms with E-state index in [-0.39, 0.29) is 27.8 Å². The summed E-state index contributed by atoms with van der Waals surface area (Å²) in [6, 6.07) is 8.81. The Labute approximate surface area is 186 Å². The minimum Gasteiger partial charge on any atom is -0.303 e. The Bertz CT molecular complexity index is 708. The molecular formula is C24H36BrNOS. The number of thioether (sulfide) groups is 1. The van der Waals surface area contributed by atoms with Gasteiger partial charge in [0.05, 0.1) is 0 Å². The Balaban J connectivity index is 0.00000280. The second kappa shape index (κ2) is 9.49. The van der Waals surface area contributed by atoms with Gasteiger partial charge in [-0.25, -0.2) is 0 Å². The summed E-state index contributed by atoms with van der Waals surface area (Å²) < 4.78 is 0. The van der Waals surface area contributed by atoms with Crippen LogP contribution in [0.3, 0.4) is 0 Å². The van der Waals surface area contributed by atoms with Crippen LogP contribution in [0, 0.1) is 16.7 Å². The molecule has 1 aromatic carbocycles. The molecule has 2 aliphatic carbocycles. The molecule has 0 amide bonds. The van der Waals surface area contributed by atoms with Crippen molar-refractivity contribution >= 4 is 40.6 Å². The van der Waals surface area contributed by atoms with Gasteiger partial charge in [-0.05, 0) is 60.0 Å². The normalized spacial score (nSPS) is 26.9. The van der Waals surface area contributed by atoms with Crippen LogP contribution >= 0.6 is 28.7 Å². The van der Waals surface area contributed by atoms with Crippen molar-refractivity contribution in [1.82, 2.24) is 4.90 Å². The highest BCUT2D eigenvalue weighted by Gasteiger charge is 2.63. The largest absolute Gasteiger partial charge is 0.303 e. The lowest BCUT2D eigenvalue weighted by molar-refractivity contribution is -0.125. The smallest absolute Gasteiger partial charge is 0.165 e. The van der Waals surface area contributed by atoms with Gasteiger partial charge in [0.1, 0.15) is 0 Å². The molecule has 2 aliphatic rings. The number of rotatable bonds is 8. The Morgan fingerprint density at radius 2 is 1.79 bits per heavy atom. The Hall–Kier alpha value is -0.580. The van der Waals surface area contributed by atoms with Gasteiger partial charge in [-0.3, -0.25) is 4.79 Å². The molecule has 2 unspecified atom stereocenters. The minimum absolute atomic E-state index is 0. The lowest BCUT2D eigenvalue weighted by Gasteiger charge is -2.31. The van der Waals surface area contributed by atoms with E-state index >= 15 is 0 Å². The number of benzene rings is 1. The van der Waals surface area contributed by atoms with E-state index in [0.717, 1.165) is 37.3 Å². The van der Waals surface area contributed by atoms with Crippen LogP contribution in [0.15, 0.2) is 29.8 Å². The second-order valence-electron chi connectivity index (χ2n) is 8.89. The number of carbonyl (C=O) groups excluding carboxylic acids is 1. The molecule has 2 fully saturated rings. The fraction of sp³-hybridized carbons (Fsp3) is 0.625. The van der Waals surface area contributed by atoms with Crippen LogP contribution < -0.4 is 0 Å². The first kappa shape index (κ1) is 23.7. The first-order chi connectivity index (χ1) is 12.8. The number of allylic oxidation sites excluding steroid dienone is 1. The molecule has 0 spiro atoms. The Morgan fingerprint density at radius 3 is 2.32 bits per heavy atom. The zero-order valence-corrected chi connectivity index (χ0v) is 20.6. The van der Waals surface area contributed by atoms with Crippen LogP contribution in [-0.4, -0.2) is 36.1 Å². The molecule has 2 saturated carbocycles. The van der Waals surface area contributed by atoms with Crippen LogP contribution in [0.25, 0.3) is 6.08 Å². The molecular weight excluding hydrogens is 430 g/mol. The van der Waals surface area contributed by atoms with Crippen molar-refractivity contribution in [2.75, 3.05) is 25.4 Å². The van der Waals surface area contributed by atoms with Gasteiger partial charge in [-0.1, -0.05) is 58.9 Å². The monoisotopic (exact) mass is 465 g/mol. The Morgan fingerprint density at radius 1 is 1.14 bits per heavy atom. The molecule has 2 nitrogen and oxygen atoms in total. The third-order valence-corrected chi connectivity index (χ3v) is 8.39. The van der Waals surface area contributed by atoms with Crippen molar-refractivity contribution in [2.45, 2.75) is 53.2 Å². The summed E-state index contributed by atoms with van der Waals surface area (Å²) in [7, 11) is 0. The summed E-state index contributed by atoms with van der Waals surface area (Å²) in [5.41, 5.74) is 3.54. The summed E-state index contributed by atoms with van der Waals surface area (Å²) in [5.74, 6) is 3.05. The molecule has 156 valence electrons. The number of halogens is 1. The molecule has 0 saturated heterocycles. The van der Waals surface area contributed by atoms with Gasteiger partial charge >= 0.3 is 0 Å². The van der Waals surface area contributed by atoms with Crippen LogP contribution in [0.4, 0.5) is 0 Å². The maximum Gasteiger partial charge on any atom is 0.165 e. The molecule has 0 radical (unpaired) electrons. The first-order valence-electron chi connectivity index (χ1n) is 10.5. The maximum absolute atomic E-state index is 13.0. The third kappa shape index (κ3) is 4.29. The van der Waals surface area contributed by atoms with Gasteiger partial charge in [0.15, 0.2) is 5.78 Å². The molecule has 4 heteroatoms. The van der Waals surface area contributed by atoms with Gasteiger partial charge < -0.3 is 4.90 Å². The minimum atomic E-state index is -0.162. The van der Waals surface area contributed by atoms with Crippen molar-refractivity contribution in [3.05, 3.63) is 41.0 Å². The number of fused-ring (bicyclic) bond motifs is 2. The van der Waals surface area contributed by atoms with Crippen molar-refractivity contribution in [3.63, 3.8) is 0 Å². The topological polar surface area (TPSA) is 20.3 Å². The van der Waals surface area contributed by atoms with Crippen LogP contribution in [-0.2, 0) is 10.5 Å².